The summed E-state index contributed by atoms with van der Waals surface area (Å²) in [6.07, 6.45) is 2.33. The van der Waals surface area contributed by atoms with Crippen LogP contribution in [0.1, 0.15) is 44.8 Å². The molecule has 2 aliphatic rings. The summed E-state index contributed by atoms with van der Waals surface area (Å²) in [5.41, 5.74) is 3.28. The van der Waals surface area contributed by atoms with E-state index in [1.165, 1.54) is 7.11 Å². The Morgan fingerprint density at radius 3 is 2.62 bits per heavy atom. The third kappa shape index (κ3) is 3.21. The fourth-order valence-corrected chi connectivity index (χ4v) is 4.83. The Labute approximate surface area is 185 Å². The molecule has 7 nitrogen and oxygen atoms in total. The molecule has 3 heterocycles. The van der Waals surface area contributed by atoms with Crippen molar-refractivity contribution in [2.75, 3.05) is 20.8 Å². The number of hydrogen-bond acceptors (Lipinski definition) is 5. The van der Waals surface area contributed by atoms with Gasteiger partial charge in [-0.2, -0.15) is 0 Å². The smallest absolute Gasteiger partial charge is 0.254 e. The zero-order valence-corrected chi connectivity index (χ0v) is 18.0. The average molecular weight is 432 g/mol. The number of carbonyl (C=O) groups excluding carboxylic acids is 2. The number of fused-ring (bicyclic) bond motifs is 4. The normalized spacial score (nSPS) is 18.9. The van der Waals surface area contributed by atoms with Gasteiger partial charge >= 0.3 is 0 Å². The van der Waals surface area contributed by atoms with Gasteiger partial charge in [-0.25, -0.2) is 0 Å². The number of methoxy groups -OCH3 is 2. The van der Waals surface area contributed by atoms with Gasteiger partial charge < -0.3 is 24.1 Å². The maximum absolute atomic E-state index is 13.6. The fraction of sp³-hybridized carbons (Fsp3) is 0.280. The lowest BCUT2D eigenvalue weighted by atomic mass is 9.75. The Morgan fingerprint density at radius 2 is 1.88 bits per heavy atom. The summed E-state index contributed by atoms with van der Waals surface area (Å²) >= 11 is 0. The number of ether oxygens (including phenoxy) is 2. The molecule has 2 amide bonds. The highest BCUT2D eigenvalue weighted by Gasteiger charge is 2.46. The van der Waals surface area contributed by atoms with Gasteiger partial charge in [-0.05, 0) is 47.4 Å². The summed E-state index contributed by atoms with van der Waals surface area (Å²) < 4.78 is 16.3. The second-order valence-electron chi connectivity index (χ2n) is 7.96. The molecule has 0 bridgehead atoms. The van der Waals surface area contributed by atoms with Gasteiger partial charge in [0, 0.05) is 12.1 Å². The van der Waals surface area contributed by atoms with Gasteiger partial charge in [0.05, 0.1) is 39.0 Å². The van der Waals surface area contributed by atoms with E-state index in [4.69, 9.17) is 13.9 Å². The van der Waals surface area contributed by atoms with E-state index in [-0.39, 0.29) is 18.4 Å². The van der Waals surface area contributed by atoms with E-state index in [1.807, 2.05) is 29.2 Å². The number of nitrogens with one attached hydrogen (secondary N) is 1. The molecule has 1 aromatic heterocycles. The van der Waals surface area contributed by atoms with Crippen molar-refractivity contribution in [1.29, 1.82) is 0 Å². The molecule has 0 unspecified atom stereocenters. The Bertz CT molecular complexity index is 1170. The highest BCUT2D eigenvalue weighted by atomic mass is 16.5. The topological polar surface area (TPSA) is 81.0 Å². The zero-order chi connectivity index (χ0) is 22.2. The van der Waals surface area contributed by atoms with Crippen LogP contribution in [0.5, 0.6) is 11.5 Å². The molecule has 0 aliphatic carbocycles. The predicted molar refractivity (Wildman–Crippen MR) is 117 cm³/mol. The Balaban J connectivity index is 1.64. The van der Waals surface area contributed by atoms with Gasteiger partial charge in [0.1, 0.15) is 5.76 Å². The largest absolute Gasteiger partial charge is 0.493 e. The summed E-state index contributed by atoms with van der Waals surface area (Å²) in [5.74, 6) is 0.743. The summed E-state index contributed by atoms with van der Waals surface area (Å²) in [6, 6.07) is 14.7. The zero-order valence-electron chi connectivity index (χ0n) is 18.0. The minimum absolute atomic E-state index is 0.101. The minimum atomic E-state index is -0.598. The SMILES string of the molecule is COc1cc2c(cc1OC)[C@@H](C(=O)NCc1ccco1)[C@H]1c3ccccc3CCN1C2=O. The van der Waals surface area contributed by atoms with Crippen LogP contribution in [0.25, 0.3) is 0 Å². The number of nitrogens with zero attached hydrogens (tertiary/aromatic N) is 1. The van der Waals surface area contributed by atoms with Crippen molar-refractivity contribution in [2.45, 2.75) is 24.9 Å². The monoisotopic (exact) mass is 432 g/mol. The first-order valence-electron chi connectivity index (χ1n) is 10.6. The second kappa shape index (κ2) is 8.07. The molecule has 0 radical (unpaired) electrons. The van der Waals surface area contributed by atoms with Crippen molar-refractivity contribution < 1.29 is 23.5 Å². The molecule has 0 spiro atoms. The first-order valence-corrected chi connectivity index (χ1v) is 10.6. The molecule has 0 saturated heterocycles. The van der Waals surface area contributed by atoms with Crippen LogP contribution in [-0.4, -0.2) is 37.5 Å². The number of carbonyl (C=O) groups is 2. The van der Waals surface area contributed by atoms with Crippen molar-refractivity contribution in [2.24, 2.45) is 0 Å². The standard InChI is InChI=1S/C25H24N2O5/c1-30-20-12-18-19(13-21(20)31-2)25(29)27-10-9-15-6-3-4-8-17(15)23(27)22(18)24(28)26-14-16-7-5-11-32-16/h3-8,11-13,22-23H,9-10,14H2,1-2H3,(H,26,28)/t22-,23-/m1/s1. The Morgan fingerprint density at radius 1 is 1.09 bits per heavy atom. The molecule has 7 heteroatoms. The lowest BCUT2D eigenvalue weighted by Crippen LogP contribution is -2.50. The fourth-order valence-electron chi connectivity index (χ4n) is 4.83. The number of benzene rings is 2. The lowest BCUT2D eigenvalue weighted by Gasteiger charge is -2.45. The van der Waals surface area contributed by atoms with E-state index in [0.29, 0.717) is 34.9 Å². The van der Waals surface area contributed by atoms with Gasteiger partial charge in [-0.3, -0.25) is 9.59 Å². The van der Waals surface area contributed by atoms with E-state index < -0.39 is 12.0 Å². The maximum atomic E-state index is 13.6. The van der Waals surface area contributed by atoms with Crippen molar-refractivity contribution in [3.05, 3.63) is 82.8 Å². The first-order chi connectivity index (χ1) is 15.6. The first kappa shape index (κ1) is 20.2. The molecular formula is C25H24N2O5. The van der Waals surface area contributed by atoms with Crippen LogP contribution >= 0.6 is 0 Å². The van der Waals surface area contributed by atoms with Crippen LogP contribution in [-0.2, 0) is 17.8 Å². The van der Waals surface area contributed by atoms with Gasteiger partial charge in [-0.1, -0.05) is 24.3 Å². The van der Waals surface area contributed by atoms with E-state index in [2.05, 4.69) is 11.4 Å². The molecule has 3 aromatic rings. The van der Waals surface area contributed by atoms with Crippen LogP contribution in [0.2, 0.25) is 0 Å². The van der Waals surface area contributed by atoms with Crippen molar-refractivity contribution >= 4 is 11.8 Å². The van der Waals surface area contributed by atoms with Gasteiger partial charge in [0.15, 0.2) is 11.5 Å². The average Bonchev–Trinajstić information content (AvgIpc) is 3.35. The van der Waals surface area contributed by atoms with Crippen LogP contribution < -0.4 is 14.8 Å². The van der Waals surface area contributed by atoms with Crippen LogP contribution in [0.15, 0.2) is 59.2 Å². The van der Waals surface area contributed by atoms with E-state index in [0.717, 1.165) is 17.5 Å². The van der Waals surface area contributed by atoms with E-state index in [1.54, 1.807) is 31.6 Å². The predicted octanol–water partition coefficient (Wildman–Crippen LogP) is 3.45. The number of hydrogen-bond donors (Lipinski definition) is 1. The van der Waals surface area contributed by atoms with Gasteiger partial charge in [0.2, 0.25) is 5.91 Å². The summed E-state index contributed by atoms with van der Waals surface area (Å²) in [5, 5.41) is 3.00. The second-order valence-corrected chi connectivity index (χ2v) is 7.96. The highest BCUT2D eigenvalue weighted by Crippen LogP contribution is 2.48. The lowest BCUT2D eigenvalue weighted by molar-refractivity contribution is -0.124. The third-order valence-corrected chi connectivity index (χ3v) is 6.33. The number of rotatable bonds is 5. The van der Waals surface area contributed by atoms with Crippen molar-refractivity contribution in [3.8, 4) is 11.5 Å². The quantitative estimate of drug-likeness (QED) is 0.668. The number of furan rings is 1. The molecule has 32 heavy (non-hydrogen) atoms. The van der Waals surface area contributed by atoms with Crippen LogP contribution in [0.4, 0.5) is 0 Å². The van der Waals surface area contributed by atoms with Crippen molar-refractivity contribution in [1.82, 2.24) is 10.2 Å². The summed E-state index contributed by atoms with van der Waals surface area (Å²) in [4.78, 5) is 29.0. The Kier molecular flexibility index (Phi) is 5.09. The molecule has 0 saturated carbocycles. The minimum Gasteiger partial charge on any atom is -0.493 e. The third-order valence-electron chi connectivity index (χ3n) is 6.33. The van der Waals surface area contributed by atoms with E-state index in [9.17, 15) is 9.59 Å². The van der Waals surface area contributed by atoms with E-state index >= 15 is 0 Å². The maximum Gasteiger partial charge on any atom is 0.254 e. The van der Waals surface area contributed by atoms with Gasteiger partial charge in [0.25, 0.3) is 5.91 Å². The summed E-state index contributed by atoms with van der Waals surface area (Å²) in [7, 11) is 3.08. The summed E-state index contributed by atoms with van der Waals surface area (Å²) in [6.45, 7) is 0.823. The van der Waals surface area contributed by atoms with Crippen molar-refractivity contribution in [3.63, 3.8) is 0 Å². The Hall–Kier alpha value is -3.74. The molecule has 5 rings (SSSR count). The molecule has 2 aromatic carbocycles. The molecule has 0 fully saturated rings. The molecule has 2 atom stereocenters. The molecular weight excluding hydrogens is 408 g/mol. The molecule has 1 N–H and O–H groups in total. The molecule has 164 valence electrons. The molecule has 2 aliphatic heterocycles. The van der Waals surface area contributed by atoms with Crippen LogP contribution in [0, 0.1) is 0 Å². The number of amides is 2. The van der Waals surface area contributed by atoms with Gasteiger partial charge in [-0.15, -0.1) is 0 Å². The van der Waals surface area contributed by atoms with Crippen LogP contribution in [0.3, 0.4) is 0 Å². The highest BCUT2D eigenvalue weighted by molar-refractivity contribution is 6.02.